The van der Waals surface area contributed by atoms with Gasteiger partial charge in [0.2, 0.25) is 10.0 Å². The van der Waals surface area contributed by atoms with Gasteiger partial charge in [-0.25, -0.2) is 8.42 Å². The van der Waals surface area contributed by atoms with E-state index < -0.39 is 22.6 Å². The number of ether oxygens (including phenoxy) is 1. The molecule has 3 aromatic carbocycles. The Labute approximate surface area is 315 Å². The molecule has 0 aromatic heterocycles. The van der Waals surface area contributed by atoms with Gasteiger partial charge in [-0.2, -0.15) is 18.2 Å². The number of carbonyl (C=O) groups excluding carboxylic acids is 1. The molecular formula is C33H44F3N5O6S2Sc-2. The third-order valence-corrected chi connectivity index (χ3v) is 10.1. The van der Waals surface area contributed by atoms with Crippen molar-refractivity contribution in [1.82, 2.24) is 14.9 Å². The minimum Gasteiger partial charge on any atom is -0.412 e. The van der Waals surface area contributed by atoms with E-state index in [0.29, 0.717) is 11.3 Å². The van der Waals surface area contributed by atoms with Gasteiger partial charge in [-0.15, -0.1) is 17.8 Å². The van der Waals surface area contributed by atoms with Crippen LogP contribution in [0, 0.1) is 12.7 Å². The summed E-state index contributed by atoms with van der Waals surface area (Å²) >= 11 is 1.79. The standard InChI is InChI=1S/C32H40N5O4S2.CF3.2H2O.Sc/c38-32(26-7-11-29(12-8-26)37-20-16-33-17-21-37)35-43(39,40)31-13-9-27(10-14-31)34-28(25-42-30-5-2-1-3-6-30)15-19-36-18-4-23-41-24-22-36;2-1(3)4;;;/h1-3,5-9,11-14,28,33-34H,4,15-25H2,(H,35,38);;2*1H2;/q2*-1;;;/t28-;;;;/m1..../s1. The molecule has 11 nitrogen and oxygen atoms in total. The van der Waals surface area contributed by atoms with Gasteiger partial charge in [-0.1, -0.05) is 23.9 Å². The average Bonchev–Trinajstić information content (AvgIpc) is 3.36. The summed E-state index contributed by atoms with van der Waals surface area (Å²) in [5.41, 5.74) is 2.02. The number of hydrogen-bond acceptors (Lipinski definition) is 9. The van der Waals surface area contributed by atoms with Gasteiger partial charge in [-0.05, 0) is 54.1 Å². The van der Waals surface area contributed by atoms with Gasteiger partial charge < -0.3 is 49.3 Å². The Bertz CT molecular complexity index is 1470. The predicted molar refractivity (Wildman–Crippen MR) is 186 cm³/mol. The fourth-order valence-corrected chi connectivity index (χ4v) is 7.08. The van der Waals surface area contributed by atoms with Crippen LogP contribution in [0.4, 0.5) is 24.5 Å². The number of benzene rings is 3. The van der Waals surface area contributed by atoms with Crippen molar-refractivity contribution < 1.29 is 67.9 Å². The zero-order valence-electron chi connectivity index (χ0n) is 27.5. The molecule has 17 heteroatoms. The third-order valence-electron chi connectivity index (χ3n) is 7.60. The quantitative estimate of drug-likeness (QED) is 0.185. The minimum absolute atomic E-state index is 0. The molecule has 5 rings (SSSR count). The summed E-state index contributed by atoms with van der Waals surface area (Å²) in [4.78, 5) is 18.7. The Kier molecular flexibility index (Phi) is 21.7. The SMILES string of the molecule is F[C-](F)F.O.O.O=C(NS(=O)(=O)c1c[c-]c(N[C@H](CCN2CCCOCC2)CSc2ccccc2)cc1)c1ccc(N2CCNCC2)cc1.[Sc]. The van der Waals surface area contributed by atoms with Crippen molar-refractivity contribution in [3.05, 3.63) is 91.1 Å². The van der Waals surface area contributed by atoms with Crippen molar-refractivity contribution in [1.29, 1.82) is 0 Å². The van der Waals surface area contributed by atoms with Gasteiger partial charge in [0.15, 0.2) is 6.68 Å². The maximum atomic E-state index is 13.0. The van der Waals surface area contributed by atoms with E-state index in [1.54, 1.807) is 30.0 Å². The molecule has 275 valence electrons. The molecule has 2 aliphatic heterocycles. The van der Waals surface area contributed by atoms with Crippen LogP contribution < -0.4 is 20.3 Å². The van der Waals surface area contributed by atoms with E-state index in [0.717, 1.165) is 83.3 Å². The van der Waals surface area contributed by atoms with Crippen molar-refractivity contribution in [2.45, 2.75) is 28.7 Å². The van der Waals surface area contributed by atoms with Crippen molar-refractivity contribution in [2.24, 2.45) is 0 Å². The molecule has 2 aliphatic rings. The van der Waals surface area contributed by atoms with Crippen LogP contribution >= 0.6 is 11.8 Å². The van der Waals surface area contributed by atoms with E-state index in [1.807, 2.05) is 30.3 Å². The Hall–Kier alpha value is -2.51. The number of sulfonamides is 1. The molecule has 0 aliphatic carbocycles. The molecule has 1 atom stereocenters. The van der Waals surface area contributed by atoms with Crippen molar-refractivity contribution in [3.63, 3.8) is 0 Å². The van der Waals surface area contributed by atoms with Gasteiger partial charge in [0.25, 0.3) is 5.91 Å². The van der Waals surface area contributed by atoms with E-state index in [2.05, 4.69) is 43.4 Å². The maximum Gasteiger partial charge on any atom is 0.264 e. The zero-order valence-corrected chi connectivity index (χ0v) is 31.0. The second-order valence-electron chi connectivity index (χ2n) is 10.9. The average molecular weight is 773 g/mol. The molecule has 0 bridgehead atoms. The second kappa shape index (κ2) is 23.9. The van der Waals surface area contributed by atoms with Crippen LogP contribution in [0.5, 0.6) is 0 Å². The smallest absolute Gasteiger partial charge is 0.264 e. The summed E-state index contributed by atoms with van der Waals surface area (Å²) < 4.78 is 62.6. The van der Waals surface area contributed by atoms with E-state index >= 15 is 0 Å². The second-order valence-corrected chi connectivity index (χ2v) is 13.7. The van der Waals surface area contributed by atoms with Gasteiger partial charge in [0, 0.05) is 106 Å². The van der Waals surface area contributed by atoms with Crippen LogP contribution in [0.25, 0.3) is 0 Å². The topological polar surface area (TPSA) is 166 Å². The van der Waals surface area contributed by atoms with E-state index in [9.17, 15) is 26.4 Å². The molecule has 3 aromatic rings. The number of hydrogen-bond donors (Lipinski definition) is 3. The predicted octanol–water partition coefficient (Wildman–Crippen LogP) is 3.39. The first-order valence-corrected chi connectivity index (χ1v) is 17.9. The monoisotopic (exact) mass is 772 g/mol. The number of nitrogens with zero attached hydrogens (tertiary/aromatic N) is 2. The first-order chi connectivity index (χ1) is 22.7. The normalized spacial score (nSPS) is 15.5. The molecule has 2 saturated heterocycles. The van der Waals surface area contributed by atoms with Crippen LogP contribution in [0.3, 0.4) is 0 Å². The molecule has 0 unspecified atom stereocenters. The molecule has 50 heavy (non-hydrogen) atoms. The Morgan fingerprint density at radius 1 is 0.960 bits per heavy atom. The molecule has 2 heterocycles. The first kappa shape index (κ1) is 45.5. The van der Waals surface area contributed by atoms with Crippen LogP contribution in [0.2, 0.25) is 0 Å². The van der Waals surface area contributed by atoms with Crippen LogP contribution in [-0.2, 0) is 40.6 Å². The maximum absolute atomic E-state index is 13.0. The molecule has 2 fully saturated rings. The van der Waals surface area contributed by atoms with Gasteiger partial charge in [0.05, 0.1) is 6.61 Å². The minimum atomic E-state index is -4.06. The van der Waals surface area contributed by atoms with Crippen molar-refractivity contribution in [3.8, 4) is 0 Å². The third kappa shape index (κ3) is 15.8. The molecule has 0 spiro atoms. The van der Waals surface area contributed by atoms with Crippen LogP contribution in [-0.4, -0.2) is 101 Å². The first-order valence-electron chi connectivity index (χ1n) is 15.4. The van der Waals surface area contributed by atoms with Gasteiger partial charge >= 0.3 is 0 Å². The summed E-state index contributed by atoms with van der Waals surface area (Å²) in [6.07, 6.45) is 1.97. The molecule has 1 amide bonds. The number of rotatable bonds is 12. The molecule has 1 radical (unpaired) electrons. The number of piperazine rings is 1. The van der Waals surface area contributed by atoms with Crippen LogP contribution in [0.1, 0.15) is 23.2 Å². The van der Waals surface area contributed by atoms with E-state index in [1.165, 1.54) is 17.0 Å². The van der Waals surface area contributed by atoms with Crippen LogP contribution in [0.15, 0.2) is 82.6 Å². The Morgan fingerprint density at radius 3 is 2.28 bits per heavy atom. The number of nitrogens with one attached hydrogen (secondary N) is 3. The summed E-state index contributed by atoms with van der Waals surface area (Å²) in [7, 11) is -4.06. The molecular weight excluding hydrogens is 728 g/mol. The van der Waals surface area contributed by atoms with Gasteiger partial charge in [-0.3, -0.25) is 9.52 Å². The van der Waals surface area contributed by atoms with Gasteiger partial charge in [0.1, 0.15) is 0 Å². The summed E-state index contributed by atoms with van der Waals surface area (Å²) in [5.74, 6) is 0.192. The summed E-state index contributed by atoms with van der Waals surface area (Å²) in [5, 5.41) is 6.87. The van der Waals surface area contributed by atoms with Crippen molar-refractivity contribution >= 4 is 39.1 Å². The number of amides is 1. The fourth-order valence-electron chi connectivity index (χ4n) is 5.14. The van der Waals surface area contributed by atoms with E-state index in [4.69, 9.17) is 4.74 Å². The zero-order chi connectivity index (χ0) is 33.5. The van der Waals surface area contributed by atoms with Crippen molar-refractivity contribution in [2.75, 3.05) is 75.0 Å². The number of thioether (sulfide) groups is 1. The Balaban J connectivity index is 0.00000169. The molecule has 7 N–H and O–H groups in total. The Morgan fingerprint density at radius 2 is 1.64 bits per heavy atom. The van der Waals surface area contributed by atoms with E-state index in [-0.39, 0.29) is 47.7 Å². The molecule has 0 saturated carbocycles. The number of anilines is 2. The summed E-state index contributed by atoms with van der Waals surface area (Å²) in [6.45, 7) is 5.01. The fraction of sp³-hybridized carbons (Fsp3) is 0.394. The summed E-state index contributed by atoms with van der Waals surface area (Å²) in [6, 6.07) is 25.2. The number of carbonyl (C=O) groups is 1. The largest absolute Gasteiger partial charge is 0.412 e. The number of halogens is 3.